The molecule has 0 N–H and O–H groups in total. The number of benzene rings is 2. The van der Waals surface area contributed by atoms with Crippen LogP contribution in [0.1, 0.15) is 32.4 Å². The number of nitrogens with zero attached hydrogens (tertiary/aromatic N) is 4. The average molecular weight is 631 g/mol. The number of hydrogen-bond donors (Lipinski definition) is 0. The van der Waals surface area contributed by atoms with E-state index in [1.807, 2.05) is 20.9 Å². The molecule has 2 heterocycles. The third-order valence-electron chi connectivity index (χ3n) is 5.09. The van der Waals surface area contributed by atoms with Gasteiger partial charge in [0.2, 0.25) is 0 Å². The van der Waals surface area contributed by atoms with E-state index in [-0.39, 0.29) is 42.5 Å². The Bertz CT molecular complexity index is 1350. The number of hydrogen-bond acceptors (Lipinski definition) is 4. The molecule has 0 aliphatic rings. The zero-order valence-electron chi connectivity index (χ0n) is 22.4. The fourth-order valence-electron chi connectivity index (χ4n) is 3.32. The van der Waals surface area contributed by atoms with Gasteiger partial charge in [0.25, 0.3) is 0 Å². The van der Waals surface area contributed by atoms with Crippen LogP contribution in [0.4, 0.5) is 30.7 Å². The second kappa shape index (κ2) is 17.3. The van der Waals surface area contributed by atoms with Gasteiger partial charge in [0.15, 0.2) is 0 Å². The molecule has 220 valence electrons. The minimum atomic E-state index is -4.54. The molecule has 4 nitrogen and oxygen atoms in total. The van der Waals surface area contributed by atoms with Gasteiger partial charge in [0.05, 0.1) is 47.6 Å². The first kappa shape index (κ1) is 39.1. The van der Waals surface area contributed by atoms with E-state index in [9.17, 15) is 30.7 Å². The molecule has 4 rings (SSSR count). The third kappa shape index (κ3) is 11.0. The van der Waals surface area contributed by atoms with Crippen molar-refractivity contribution in [2.45, 2.75) is 38.5 Å². The molecule has 0 unspecified atom stereocenters. The molecule has 0 fully saturated rings. The molecular weight excluding hydrogens is 600 g/mol. The van der Waals surface area contributed by atoms with Crippen molar-refractivity contribution in [1.82, 2.24) is 19.1 Å². The number of aromatic nitrogens is 4. The number of imidazole rings is 2. The standard InChI is InChI=1S/C13H13F3N2S.C11H8F4N2.C2H6S.CH4.Na/c1-3-19-12-6-9(13(14,15)16)4-5-10(12)11-7-17-8-18(11)2;1-17-6-16-5-10(17)8-3-2-7(4-9(8)12)11(13,14)15;1-2-3;;/h4-8H,3H2,1-2H3;2-6H,1H3;3H,2H2,1H3;1H4;/q;;;;+1/p-1. The van der Waals surface area contributed by atoms with Gasteiger partial charge in [-0.2, -0.15) is 32.1 Å². The molecule has 14 heteroatoms. The maximum Gasteiger partial charge on any atom is 1.00 e. The van der Waals surface area contributed by atoms with Crippen LogP contribution in [0.15, 0.2) is 66.3 Å². The summed E-state index contributed by atoms with van der Waals surface area (Å²) < 4.78 is 92.1. The summed E-state index contributed by atoms with van der Waals surface area (Å²) >= 11 is 5.79. The Kier molecular flexibility index (Phi) is 16.4. The van der Waals surface area contributed by atoms with Crippen molar-refractivity contribution in [2.75, 3.05) is 11.5 Å². The Labute approximate surface area is 267 Å². The van der Waals surface area contributed by atoms with Crippen LogP contribution in [0.3, 0.4) is 0 Å². The summed E-state index contributed by atoms with van der Waals surface area (Å²) in [5.74, 6) is 0.634. The predicted octanol–water partition coefficient (Wildman–Crippen LogP) is 5.66. The molecule has 2 aromatic heterocycles. The topological polar surface area (TPSA) is 35.6 Å². The summed E-state index contributed by atoms with van der Waals surface area (Å²) in [7, 11) is 3.46. The van der Waals surface area contributed by atoms with E-state index in [1.165, 1.54) is 41.0 Å². The van der Waals surface area contributed by atoms with Gasteiger partial charge in [-0.3, -0.25) is 0 Å². The SMILES string of the molecule is C.CCSc1cc(C(F)(F)F)ccc1-c1cncn1C.CC[S-].Cn1cncc1-c1ccc(C(F)(F)F)cc1F.[Na+]. The van der Waals surface area contributed by atoms with E-state index >= 15 is 0 Å². The predicted molar refractivity (Wildman–Crippen MR) is 148 cm³/mol. The first-order chi connectivity index (χ1) is 18.2. The van der Waals surface area contributed by atoms with Crippen LogP contribution in [-0.2, 0) is 39.1 Å². The molecule has 0 amide bonds. The number of rotatable bonds is 4. The number of aryl methyl sites for hydroxylation is 2. The first-order valence-corrected chi connectivity index (χ1v) is 13.0. The number of alkyl halides is 6. The Balaban J connectivity index is 0.000000685. The molecule has 0 bridgehead atoms. The van der Waals surface area contributed by atoms with Crippen LogP contribution in [0.25, 0.3) is 22.5 Å². The average Bonchev–Trinajstić information content (AvgIpc) is 3.47. The summed E-state index contributed by atoms with van der Waals surface area (Å²) in [6.07, 6.45) is -2.71. The Hall–Kier alpha value is -1.93. The molecular formula is C27H30F7N4NaS2. The van der Waals surface area contributed by atoms with Gasteiger partial charge < -0.3 is 21.8 Å². The Morgan fingerprint density at radius 3 is 1.56 bits per heavy atom. The molecule has 41 heavy (non-hydrogen) atoms. The van der Waals surface area contributed by atoms with Gasteiger partial charge in [0, 0.05) is 30.1 Å². The fraction of sp³-hybridized carbons (Fsp3) is 0.333. The van der Waals surface area contributed by atoms with Gasteiger partial charge >= 0.3 is 41.9 Å². The van der Waals surface area contributed by atoms with Crippen molar-refractivity contribution in [3.63, 3.8) is 0 Å². The Morgan fingerprint density at radius 1 is 0.780 bits per heavy atom. The molecule has 0 radical (unpaired) electrons. The van der Waals surface area contributed by atoms with Crippen molar-refractivity contribution < 1.29 is 60.3 Å². The second-order valence-corrected chi connectivity index (χ2v) is 9.79. The van der Waals surface area contributed by atoms with E-state index in [4.69, 9.17) is 0 Å². The first-order valence-electron chi connectivity index (χ1n) is 11.5. The van der Waals surface area contributed by atoms with Crippen LogP contribution in [-0.4, -0.2) is 30.6 Å². The largest absolute Gasteiger partial charge is 1.00 e. The van der Waals surface area contributed by atoms with Gasteiger partial charge in [-0.15, -0.1) is 11.8 Å². The van der Waals surface area contributed by atoms with E-state index in [0.29, 0.717) is 22.4 Å². The van der Waals surface area contributed by atoms with Gasteiger partial charge in [-0.05, 0) is 36.1 Å². The summed E-state index contributed by atoms with van der Waals surface area (Å²) in [4.78, 5) is 8.41. The minimum Gasteiger partial charge on any atom is -0.793 e. The maximum atomic E-state index is 13.6. The summed E-state index contributed by atoms with van der Waals surface area (Å²) in [6, 6.07) is 6.28. The molecule has 0 aliphatic carbocycles. The molecule has 0 saturated carbocycles. The number of halogens is 7. The fourth-order valence-corrected chi connectivity index (χ4v) is 4.17. The zero-order valence-corrected chi connectivity index (χ0v) is 26.1. The molecule has 0 spiro atoms. The Morgan fingerprint density at radius 2 is 1.20 bits per heavy atom. The quantitative estimate of drug-likeness (QED) is 0.126. The summed E-state index contributed by atoms with van der Waals surface area (Å²) in [6.45, 7) is 3.85. The van der Waals surface area contributed by atoms with Crippen molar-refractivity contribution in [3.8, 4) is 22.5 Å². The smallest absolute Gasteiger partial charge is 0.793 e. The summed E-state index contributed by atoms with van der Waals surface area (Å²) in [5, 5.41) is 0. The normalized spacial score (nSPS) is 10.8. The van der Waals surface area contributed by atoms with Crippen LogP contribution in [0.2, 0.25) is 0 Å². The minimum absolute atomic E-state index is 0. The van der Waals surface area contributed by atoms with Crippen LogP contribution in [0, 0.1) is 5.82 Å². The van der Waals surface area contributed by atoms with Gasteiger partial charge in [-0.25, -0.2) is 14.4 Å². The second-order valence-electron chi connectivity index (χ2n) is 7.90. The van der Waals surface area contributed by atoms with Gasteiger partial charge in [0.1, 0.15) is 5.82 Å². The molecule has 4 aromatic rings. The molecule has 0 saturated heterocycles. The maximum absolute atomic E-state index is 13.6. The van der Waals surface area contributed by atoms with E-state index < -0.39 is 29.3 Å². The van der Waals surface area contributed by atoms with Gasteiger partial charge in [-0.1, -0.05) is 27.3 Å². The zero-order chi connectivity index (χ0) is 29.4. The van der Waals surface area contributed by atoms with Crippen LogP contribution < -0.4 is 29.6 Å². The van der Waals surface area contributed by atoms with Crippen molar-refractivity contribution in [1.29, 1.82) is 0 Å². The molecule has 2 aromatic carbocycles. The summed E-state index contributed by atoms with van der Waals surface area (Å²) in [5.41, 5.74) is 0.494. The van der Waals surface area contributed by atoms with Crippen molar-refractivity contribution in [2.24, 2.45) is 14.1 Å². The van der Waals surface area contributed by atoms with Crippen LogP contribution >= 0.6 is 11.8 Å². The van der Waals surface area contributed by atoms with E-state index in [2.05, 4.69) is 22.6 Å². The van der Waals surface area contributed by atoms with E-state index in [1.54, 1.807) is 24.1 Å². The van der Waals surface area contributed by atoms with Crippen LogP contribution in [0.5, 0.6) is 0 Å². The molecule has 0 atom stereocenters. The van der Waals surface area contributed by atoms with Crippen molar-refractivity contribution in [3.05, 3.63) is 78.4 Å². The molecule has 0 aliphatic heterocycles. The third-order valence-corrected chi connectivity index (χ3v) is 6.03. The van der Waals surface area contributed by atoms with E-state index in [0.717, 1.165) is 35.2 Å². The monoisotopic (exact) mass is 630 g/mol. The van der Waals surface area contributed by atoms with Crippen molar-refractivity contribution >= 4 is 24.4 Å². The number of thioether (sulfide) groups is 1.